The van der Waals surface area contributed by atoms with Crippen molar-refractivity contribution in [3.63, 3.8) is 0 Å². The molecule has 66 valence electrons. The van der Waals surface area contributed by atoms with Crippen molar-refractivity contribution in [2.75, 3.05) is 12.7 Å². The van der Waals surface area contributed by atoms with Crippen LogP contribution < -0.4 is 0 Å². The third-order valence-electron chi connectivity index (χ3n) is 1.24. The minimum atomic E-state index is -0.487. The lowest BCUT2D eigenvalue weighted by Crippen LogP contribution is -2.15. The van der Waals surface area contributed by atoms with Gasteiger partial charge in [-0.15, -0.1) is 11.6 Å². The SMILES string of the molecule is O=C(CCl)CC1=CC(=O)OCO1. The number of carbonyl (C=O) groups excluding carboxylic acids is 2. The summed E-state index contributed by atoms with van der Waals surface area (Å²) in [5.74, 6) is -0.427. The zero-order valence-electron chi connectivity index (χ0n) is 6.21. The lowest BCUT2D eigenvalue weighted by atomic mass is 10.2. The van der Waals surface area contributed by atoms with Gasteiger partial charge in [0.1, 0.15) is 5.76 Å². The zero-order valence-corrected chi connectivity index (χ0v) is 6.97. The number of cyclic esters (lactones) is 1. The first kappa shape index (κ1) is 9.06. The molecule has 1 heterocycles. The second-order valence-corrected chi connectivity index (χ2v) is 2.45. The quantitative estimate of drug-likeness (QED) is 0.483. The molecule has 4 nitrogen and oxygen atoms in total. The number of hydrogen-bond acceptors (Lipinski definition) is 4. The van der Waals surface area contributed by atoms with Gasteiger partial charge in [-0.25, -0.2) is 4.79 Å². The predicted molar refractivity (Wildman–Crippen MR) is 40.5 cm³/mol. The molecule has 1 aliphatic rings. The van der Waals surface area contributed by atoms with Crippen molar-refractivity contribution in [1.82, 2.24) is 0 Å². The Hall–Kier alpha value is -1.03. The van der Waals surface area contributed by atoms with E-state index in [-0.39, 0.29) is 24.9 Å². The van der Waals surface area contributed by atoms with E-state index in [0.717, 1.165) is 6.08 Å². The number of alkyl halides is 1. The number of ketones is 1. The van der Waals surface area contributed by atoms with Crippen molar-refractivity contribution in [2.45, 2.75) is 6.42 Å². The van der Waals surface area contributed by atoms with Gasteiger partial charge >= 0.3 is 5.97 Å². The number of esters is 1. The van der Waals surface area contributed by atoms with Gasteiger partial charge in [0, 0.05) is 0 Å². The molecule has 0 aromatic carbocycles. The van der Waals surface area contributed by atoms with E-state index in [1.807, 2.05) is 0 Å². The van der Waals surface area contributed by atoms with Crippen molar-refractivity contribution < 1.29 is 19.1 Å². The van der Waals surface area contributed by atoms with Crippen LogP contribution in [0.1, 0.15) is 6.42 Å². The van der Waals surface area contributed by atoms with Crippen molar-refractivity contribution >= 4 is 23.4 Å². The number of halogens is 1. The van der Waals surface area contributed by atoms with Gasteiger partial charge < -0.3 is 9.47 Å². The van der Waals surface area contributed by atoms with Gasteiger partial charge in [-0.2, -0.15) is 0 Å². The number of rotatable bonds is 3. The van der Waals surface area contributed by atoms with Crippen LogP contribution in [0.2, 0.25) is 0 Å². The number of allylic oxidation sites excluding steroid dienone is 1. The first-order chi connectivity index (χ1) is 5.72. The molecular weight excluding hydrogens is 184 g/mol. The largest absolute Gasteiger partial charge is 0.461 e. The Morgan fingerprint density at radius 2 is 2.33 bits per heavy atom. The molecule has 0 N–H and O–H groups in total. The monoisotopic (exact) mass is 190 g/mol. The third kappa shape index (κ3) is 2.54. The Labute approximate surface area is 74.1 Å². The second kappa shape index (κ2) is 4.11. The Balaban J connectivity index is 2.51. The van der Waals surface area contributed by atoms with Crippen molar-refractivity contribution in [3.05, 3.63) is 11.8 Å². The normalized spacial score (nSPS) is 16.1. The van der Waals surface area contributed by atoms with Crippen LogP contribution in [0.4, 0.5) is 0 Å². The summed E-state index contributed by atoms with van der Waals surface area (Å²) in [6.45, 7) is -0.125. The molecule has 0 saturated carbocycles. The van der Waals surface area contributed by atoms with Crippen LogP contribution in [-0.2, 0) is 19.1 Å². The molecular formula is C7H7ClO4. The molecule has 0 atom stereocenters. The van der Waals surface area contributed by atoms with Gasteiger partial charge in [-0.05, 0) is 0 Å². The number of ether oxygens (including phenoxy) is 2. The van der Waals surface area contributed by atoms with Crippen LogP contribution in [0.3, 0.4) is 0 Å². The molecule has 12 heavy (non-hydrogen) atoms. The van der Waals surface area contributed by atoms with Crippen LogP contribution in [-0.4, -0.2) is 24.4 Å². The summed E-state index contributed by atoms with van der Waals surface area (Å²) >= 11 is 5.26. The van der Waals surface area contributed by atoms with E-state index in [1.54, 1.807) is 0 Å². The summed E-state index contributed by atoms with van der Waals surface area (Å²) in [7, 11) is 0. The van der Waals surface area contributed by atoms with Crippen LogP contribution in [0, 0.1) is 0 Å². The van der Waals surface area contributed by atoms with Gasteiger partial charge in [-0.1, -0.05) is 0 Å². The van der Waals surface area contributed by atoms with Crippen LogP contribution in [0.5, 0.6) is 0 Å². The average molecular weight is 191 g/mol. The first-order valence-corrected chi connectivity index (χ1v) is 3.83. The van der Waals surface area contributed by atoms with Gasteiger partial charge in [-0.3, -0.25) is 4.79 Å². The van der Waals surface area contributed by atoms with E-state index in [2.05, 4.69) is 4.74 Å². The van der Waals surface area contributed by atoms with Gasteiger partial charge in [0.05, 0.1) is 18.4 Å². The second-order valence-electron chi connectivity index (χ2n) is 2.19. The number of hydrogen-bond donors (Lipinski definition) is 0. The van der Waals surface area contributed by atoms with E-state index in [1.165, 1.54) is 0 Å². The van der Waals surface area contributed by atoms with Crippen molar-refractivity contribution in [3.8, 4) is 0 Å². The topological polar surface area (TPSA) is 52.6 Å². The molecule has 0 bridgehead atoms. The summed E-state index contributed by atoms with van der Waals surface area (Å²) in [6, 6.07) is 0. The lowest BCUT2D eigenvalue weighted by molar-refractivity contribution is -0.151. The third-order valence-corrected chi connectivity index (χ3v) is 1.54. The molecule has 0 unspecified atom stereocenters. The summed E-state index contributed by atoms with van der Waals surface area (Å²) in [6.07, 6.45) is 1.20. The summed E-state index contributed by atoms with van der Waals surface area (Å²) in [5.41, 5.74) is 0. The van der Waals surface area contributed by atoms with Crippen LogP contribution >= 0.6 is 11.6 Å². The molecule has 0 aromatic rings. The molecule has 1 aliphatic heterocycles. The molecule has 5 heteroatoms. The maximum Gasteiger partial charge on any atom is 0.337 e. The minimum Gasteiger partial charge on any atom is -0.461 e. The Bertz CT molecular complexity index is 234. The van der Waals surface area contributed by atoms with Crippen molar-refractivity contribution in [1.29, 1.82) is 0 Å². The molecule has 0 saturated heterocycles. The number of carbonyl (C=O) groups is 2. The molecule has 0 fully saturated rings. The Kier molecular flexibility index (Phi) is 3.10. The zero-order chi connectivity index (χ0) is 8.97. The van der Waals surface area contributed by atoms with Gasteiger partial charge in [0.25, 0.3) is 0 Å². The molecule has 0 aliphatic carbocycles. The average Bonchev–Trinajstić information content (AvgIpc) is 2.04. The van der Waals surface area contributed by atoms with Crippen LogP contribution in [0.15, 0.2) is 11.8 Å². The summed E-state index contributed by atoms with van der Waals surface area (Å²) in [5, 5.41) is 0. The highest BCUT2D eigenvalue weighted by atomic mass is 35.5. The Morgan fingerprint density at radius 1 is 1.58 bits per heavy atom. The highest BCUT2D eigenvalue weighted by molar-refractivity contribution is 6.27. The molecule has 1 rings (SSSR count). The highest BCUT2D eigenvalue weighted by Gasteiger charge is 2.13. The highest BCUT2D eigenvalue weighted by Crippen LogP contribution is 2.09. The number of Topliss-reactive ketones (excluding diaryl/α,β-unsaturated/α-hetero) is 1. The van der Waals surface area contributed by atoms with Crippen molar-refractivity contribution in [2.24, 2.45) is 0 Å². The smallest absolute Gasteiger partial charge is 0.337 e. The van der Waals surface area contributed by atoms with Gasteiger partial charge in [0.15, 0.2) is 5.78 Å². The fourth-order valence-corrected chi connectivity index (χ4v) is 0.816. The predicted octanol–water partition coefficient (Wildman–Crippen LogP) is 0.599. The van der Waals surface area contributed by atoms with E-state index in [4.69, 9.17) is 16.3 Å². The van der Waals surface area contributed by atoms with E-state index in [9.17, 15) is 9.59 Å². The van der Waals surface area contributed by atoms with Crippen LogP contribution in [0.25, 0.3) is 0 Å². The van der Waals surface area contributed by atoms with E-state index < -0.39 is 5.97 Å². The summed E-state index contributed by atoms with van der Waals surface area (Å²) < 4.78 is 9.30. The maximum absolute atomic E-state index is 10.8. The minimum absolute atomic E-state index is 0.0542. The first-order valence-electron chi connectivity index (χ1n) is 3.30. The van der Waals surface area contributed by atoms with Gasteiger partial charge in [0.2, 0.25) is 6.79 Å². The van der Waals surface area contributed by atoms with E-state index in [0.29, 0.717) is 5.76 Å². The van der Waals surface area contributed by atoms with E-state index >= 15 is 0 Å². The molecule has 0 spiro atoms. The fraction of sp³-hybridized carbons (Fsp3) is 0.429. The molecule has 0 radical (unpaired) electrons. The standard InChI is InChI=1S/C7H7ClO4/c8-3-5(9)1-6-2-7(10)12-4-11-6/h2H,1,3-4H2. The summed E-state index contributed by atoms with van der Waals surface area (Å²) in [4.78, 5) is 21.4. The fourth-order valence-electron chi connectivity index (χ4n) is 0.722. The lowest BCUT2D eigenvalue weighted by Gasteiger charge is -2.13. The molecule has 0 aromatic heterocycles. The maximum atomic E-state index is 10.8. The molecule has 0 amide bonds. The Morgan fingerprint density at radius 3 is 2.92 bits per heavy atom.